The van der Waals surface area contributed by atoms with Crippen molar-refractivity contribution in [3.05, 3.63) is 36.0 Å². The molecule has 2 unspecified atom stereocenters. The Kier molecular flexibility index (Phi) is 5.39. The molecule has 23 heavy (non-hydrogen) atoms. The van der Waals surface area contributed by atoms with Crippen molar-refractivity contribution in [3.63, 3.8) is 0 Å². The zero-order chi connectivity index (χ0) is 17.0. The quantitative estimate of drug-likeness (QED) is 0.612. The summed E-state index contributed by atoms with van der Waals surface area (Å²) in [7, 11) is 0. The molecule has 6 heteroatoms. The lowest BCUT2D eigenvalue weighted by Crippen LogP contribution is -2.51. The van der Waals surface area contributed by atoms with Gasteiger partial charge in [0.2, 0.25) is 11.8 Å². The zero-order valence-corrected chi connectivity index (χ0v) is 13.5. The standard InChI is InChI=1S/C17H24N4O2/c1-10(2)7-13(18)17(23)21-15(16(19)22)8-11-9-20-14-6-4-3-5-12(11)14/h3-6,9-10,13,15,20H,7-8,18H2,1-2H3,(H2,19,22)(H,21,23). The monoisotopic (exact) mass is 316 g/mol. The van der Waals surface area contributed by atoms with Gasteiger partial charge < -0.3 is 21.8 Å². The number of amides is 2. The molecule has 0 fully saturated rings. The molecule has 1 aromatic heterocycles. The summed E-state index contributed by atoms with van der Waals surface area (Å²) in [4.78, 5) is 27.0. The van der Waals surface area contributed by atoms with Crippen molar-refractivity contribution in [2.45, 2.75) is 38.8 Å². The van der Waals surface area contributed by atoms with Gasteiger partial charge in [0.05, 0.1) is 6.04 Å². The van der Waals surface area contributed by atoms with Gasteiger partial charge in [0, 0.05) is 23.5 Å². The zero-order valence-electron chi connectivity index (χ0n) is 13.5. The molecule has 0 aliphatic heterocycles. The first-order valence-electron chi connectivity index (χ1n) is 7.78. The first-order valence-corrected chi connectivity index (χ1v) is 7.78. The molecule has 0 spiro atoms. The summed E-state index contributed by atoms with van der Waals surface area (Å²) < 4.78 is 0. The minimum atomic E-state index is -0.778. The Bertz CT molecular complexity index is 693. The maximum Gasteiger partial charge on any atom is 0.240 e. The number of fused-ring (bicyclic) bond motifs is 1. The molecule has 1 heterocycles. The summed E-state index contributed by atoms with van der Waals surface area (Å²) in [5.41, 5.74) is 13.2. The van der Waals surface area contributed by atoms with Crippen molar-refractivity contribution >= 4 is 22.7 Å². The molecule has 124 valence electrons. The van der Waals surface area contributed by atoms with E-state index in [0.717, 1.165) is 16.5 Å². The van der Waals surface area contributed by atoms with Gasteiger partial charge in [-0.2, -0.15) is 0 Å². The largest absolute Gasteiger partial charge is 0.368 e. The van der Waals surface area contributed by atoms with Crippen LogP contribution in [0.2, 0.25) is 0 Å². The Hall–Kier alpha value is -2.34. The highest BCUT2D eigenvalue weighted by Gasteiger charge is 2.23. The van der Waals surface area contributed by atoms with E-state index in [1.807, 2.05) is 44.3 Å². The number of primary amides is 1. The summed E-state index contributed by atoms with van der Waals surface area (Å²) in [6, 6.07) is 6.36. The van der Waals surface area contributed by atoms with E-state index in [9.17, 15) is 9.59 Å². The number of hydrogen-bond acceptors (Lipinski definition) is 3. The molecular formula is C17H24N4O2. The molecule has 6 N–H and O–H groups in total. The lowest BCUT2D eigenvalue weighted by molar-refractivity contribution is -0.128. The van der Waals surface area contributed by atoms with E-state index < -0.39 is 18.0 Å². The molecule has 2 rings (SSSR count). The molecule has 0 saturated carbocycles. The van der Waals surface area contributed by atoms with Crippen LogP contribution in [0.4, 0.5) is 0 Å². The summed E-state index contributed by atoms with van der Waals surface area (Å²) >= 11 is 0. The van der Waals surface area contributed by atoms with Crippen molar-refractivity contribution in [3.8, 4) is 0 Å². The van der Waals surface area contributed by atoms with Gasteiger partial charge in [-0.1, -0.05) is 32.0 Å². The average molecular weight is 316 g/mol. The minimum Gasteiger partial charge on any atom is -0.368 e. The third kappa shape index (κ3) is 4.32. The van der Waals surface area contributed by atoms with E-state index in [2.05, 4.69) is 10.3 Å². The fourth-order valence-corrected chi connectivity index (χ4v) is 2.64. The maximum atomic E-state index is 12.1. The minimum absolute atomic E-state index is 0.302. The summed E-state index contributed by atoms with van der Waals surface area (Å²) in [5.74, 6) is -0.612. The normalized spacial score (nSPS) is 13.9. The summed E-state index contributed by atoms with van der Waals surface area (Å²) in [5, 5.41) is 3.69. The van der Waals surface area contributed by atoms with Crippen LogP contribution >= 0.6 is 0 Å². The Balaban J connectivity index is 2.10. The Morgan fingerprint density at radius 1 is 1.26 bits per heavy atom. The second-order valence-corrected chi connectivity index (χ2v) is 6.26. The van der Waals surface area contributed by atoms with Gasteiger partial charge in [0.25, 0.3) is 0 Å². The van der Waals surface area contributed by atoms with E-state index in [0.29, 0.717) is 18.8 Å². The molecule has 2 aromatic rings. The number of carbonyl (C=O) groups excluding carboxylic acids is 2. The van der Waals surface area contributed by atoms with Gasteiger partial charge in [-0.15, -0.1) is 0 Å². The second-order valence-electron chi connectivity index (χ2n) is 6.26. The Morgan fingerprint density at radius 2 is 1.96 bits per heavy atom. The van der Waals surface area contributed by atoms with Gasteiger partial charge in [0.15, 0.2) is 0 Å². The number of carbonyl (C=O) groups is 2. The topological polar surface area (TPSA) is 114 Å². The van der Waals surface area contributed by atoms with E-state index in [1.165, 1.54) is 0 Å². The summed E-state index contributed by atoms with van der Waals surface area (Å²) in [6.07, 6.45) is 2.73. The fraction of sp³-hybridized carbons (Fsp3) is 0.412. The van der Waals surface area contributed by atoms with Gasteiger partial charge >= 0.3 is 0 Å². The number of rotatable bonds is 7. The number of nitrogens with two attached hydrogens (primary N) is 2. The van der Waals surface area contributed by atoms with Crippen LogP contribution in [0.25, 0.3) is 10.9 Å². The van der Waals surface area contributed by atoms with Crippen LogP contribution < -0.4 is 16.8 Å². The number of H-pyrrole nitrogens is 1. The highest BCUT2D eigenvalue weighted by atomic mass is 16.2. The summed E-state index contributed by atoms with van der Waals surface area (Å²) in [6.45, 7) is 3.98. The highest BCUT2D eigenvalue weighted by molar-refractivity contribution is 5.90. The van der Waals surface area contributed by atoms with Crippen LogP contribution in [0.15, 0.2) is 30.5 Å². The molecule has 0 aliphatic carbocycles. The predicted molar refractivity (Wildman–Crippen MR) is 90.6 cm³/mol. The van der Waals surface area contributed by atoms with E-state index in [-0.39, 0.29) is 5.91 Å². The first kappa shape index (κ1) is 17.0. The van der Waals surface area contributed by atoms with Crippen LogP contribution in [0, 0.1) is 5.92 Å². The number of para-hydroxylation sites is 1. The van der Waals surface area contributed by atoms with Crippen LogP contribution in [-0.2, 0) is 16.0 Å². The van der Waals surface area contributed by atoms with E-state index in [1.54, 1.807) is 0 Å². The van der Waals surface area contributed by atoms with Crippen molar-refractivity contribution in [2.24, 2.45) is 17.4 Å². The lowest BCUT2D eigenvalue weighted by atomic mass is 10.0. The van der Waals surface area contributed by atoms with E-state index in [4.69, 9.17) is 11.5 Å². The number of aromatic amines is 1. The molecule has 2 atom stereocenters. The van der Waals surface area contributed by atoms with Crippen LogP contribution in [0.5, 0.6) is 0 Å². The van der Waals surface area contributed by atoms with Crippen molar-refractivity contribution in [2.75, 3.05) is 0 Å². The maximum absolute atomic E-state index is 12.1. The Labute approximate surface area is 135 Å². The van der Waals surface area contributed by atoms with Crippen LogP contribution in [0.3, 0.4) is 0 Å². The second kappa shape index (κ2) is 7.28. The fourth-order valence-electron chi connectivity index (χ4n) is 2.64. The van der Waals surface area contributed by atoms with Gasteiger partial charge in [-0.25, -0.2) is 0 Å². The molecule has 0 radical (unpaired) electrons. The van der Waals surface area contributed by atoms with Gasteiger partial charge in [0.1, 0.15) is 6.04 Å². The average Bonchev–Trinajstić information content (AvgIpc) is 2.89. The molecular weight excluding hydrogens is 292 g/mol. The van der Waals surface area contributed by atoms with Gasteiger partial charge in [-0.05, 0) is 24.0 Å². The van der Waals surface area contributed by atoms with Crippen molar-refractivity contribution in [1.82, 2.24) is 10.3 Å². The Morgan fingerprint density at radius 3 is 2.61 bits per heavy atom. The smallest absolute Gasteiger partial charge is 0.240 e. The van der Waals surface area contributed by atoms with Crippen molar-refractivity contribution in [1.29, 1.82) is 0 Å². The SMILES string of the molecule is CC(C)CC(N)C(=O)NC(Cc1c[nH]c2ccccc12)C(N)=O. The third-order valence-corrected chi connectivity index (χ3v) is 3.82. The molecule has 0 aliphatic rings. The lowest BCUT2D eigenvalue weighted by Gasteiger charge is -2.19. The van der Waals surface area contributed by atoms with Gasteiger partial charge in [-0.3, -0.25) is 9.59 Å². The molecule has 6 nitrogen and oxygen atoms in total. The van der Waals surface area contributed by atoms with Crippen LogP contribution in [-0.4, -0.2) is 28.9 Å². The molecule has 1 aromatic carbocycles. The number of nitrogens with one attached hydrogen (secondary N) is 2. The predicted octanol–water partition coefficient (Wildman–Crippen LogP) is 1.05. The molecule has 2 amide bonds. The first-order chi connectivity index (χ1) is 10.9. The van der Waals surface area contributed by atoms with Crippen LogP contribution in [0.1, 0.15) is 25.8 Å². The number of benzene rings is 1. The number of aromatic nitrogens is 1. The third-order valence-electron chi connectivity index (χ3n) is 3.82. The number of hydrogen-bond donors (Lipinski definition) is 4. The highest BCUT2D eigenvalue weighted by Crippen LogP contribution is 2.19. The molecule has 0 saturated heterocycles. The van der Waals surface area contributed by atoms with Crippen molar-refractivity contribution < 1.29 is 9.59 Å². The van der Waals surface area contributed by atoms with E-state index >= 15 is 0 Å². The molecule has 0 bridgehead atoms.